The Morgan fingerprint density at radius 1 is 1.06 bits per heavy atom. The Balaban J connectivity index is 1.40. The molecular formula is C25H28N2O3S. The molecular weight excluding hydrogens is 408 g/mol. The van der Waals surface area contributed by atoms with E-state index in [0.717, 1.165) is 46.5 Å². The highest BCUT2D eigenvalue weighted by Gasteiger charge is 2.43. The van der Waals surface area contributed by atoms with Crippen LogP contribution in [0, 0.1) is 5.41 Å². The van der Waals surface area contributed by atoms with Crippen LogP contribution in [0.4, 0.5) is 0 Å². The fraction of sp³-hybridized carbons (Fsp3) is 0.400. The Bertz CT molecular complexity index is 1010. The van der Waals surface area contributed by atoms with Crippen LogP contribution >= 0.6 is 11.3 Å². The van der Waals surface area contributed by atoms with E-state index in [0.29, 0.717) is 19.5 Å². The van der Waals surface area contributed by atoms with Crippen LogP contribution in [-0.2, 0) is 27.3 Å². The third kappa shape index (κ3) is 4.96. The molecule has 0 unspecified atom stereocenters. The van der Waals surface area contributed by atoms with E-state index in [1.54, 1.807) is 16.2 Å². The molecule has 1 heterocycles. The summed E-state index contributed by atoms with van der Waals surface area (Å²) in [6.45, 7) is 2.82. The molecule has 0 saturated heterocycles. The van der Waals surface area contributed by atoms with E-state index in [2.05, 4.69) is 6.07 Å². The number of hydrogen-bond donors (Lipinski definition) is 0. The summed E-state index contributed by atoms with van der Waals surface area (Å²) in [5, 5.41) is 0.964. The summed E-state index contributed by atoms with van der Waals surface area (Å²) in [4.78, 5) is 32.3. The van der Waals surface area contributed by atoms with Gasteiger partial charge in [-0.1, -0.05) is 55.3 Å². The third-order valence-corrected chi connectivity index (χ3v) is 7.14. The number of amides is 1. The highest BCUT2D eigenvalue weighted by Crippen LogP contribution is 2.43. The molecule has 0 atom stereocenters. The predicted octanol–water partition coefficient (Wildman–Crippen LogP) is 4.99. The Morgan fingerprint density at radius 3 is 2.48 bits per heavy atom. The summed E-state index contributed by atoms with van der Waals surface area (Å²) in [5.74, 6) is -0.416. The number of esters is 1. The molecule has 162 valence electrons. The van der Waals surface area contributed by atoms with Crippen molar-refractivity contribution < 1.29 is 14.3 Å². The summed E-state index contributed by atoms with van der Waals surface area (Å²) in [5.41, 5.74) is 1.47. The number of fused-ring (bicyclic) bond motifs is 1. The van der Waals surface area contributed by atoms with E-state index in [1.807, 2.05) is 55.5 Å². The van der Waals surface area contributed by atoms with Crippen molar-refractivity contribution in [1.82, 2.24) is 9.88 Å². The number of likely N-dealkylation sites (N-methyl/N-ethyl adjacent to an activating group) is 1. The number of thiazole rings is 1. The molecule has 1 fully saturated rings. The standard InChI is InChI=1S/C25H28N2O3S/c1-2-27(17-19-10-4-3-5-11-19)23(28)18-30-24(29)25(14-8-9-15-25)16-22-26-20-12-6-7-13-21(20)31-22/h3-7,10-13H,2,8-9,14-18H2,1H3. The second-order valence-electron chi connectivity index (χ2n) is 8.21. The van der Waals surface area contributed by atoms with Gasteiger partial charge in [0.25, 0.3) is 5.91 Å². The number of rotatable bonds is 8. The average molecular weight is 437 g/mol. The lowest BCUT2D eigenvalue weighted by atomic mass is 9.83. The van der Waals surface area contributed by atoms with Gasteiger partial charge in [0.15, 0.2) is 6.61 Å². The van der Waals surface area contributed by atoms with Crippen LogP contribution in [0.25, 0.3) is 10.2 Å². The summed E-state index contributed by atoms with van der Waals surface area (Å²) >= 11 is 1.64. The normalized spacial score (nSPS) is 15.1. The van der Waals surface area contributed by atoms with E-state index in [1.165, 1.54) is 0 Å². The first-order valence-electron chi connectivity index (χ1n) is 10.9. The van der Waals surface area contributed by atoms with Gasteiger partial charge in [0, 0.05) is 19.5 Å². The van der Waals surface area contributed by atoms with Crippen molar-refractivity contribution >= 4 is 33.4 Å². The molecule has 0 spiro atoms. The highest BCUT2D eigenvalue weighted by atomic mass is 32.1. The maximum Gasteiger partial charge on any atom is 0.313 e. The van der Waals surface area contributed by atoms with Crippen molar-refractivity contribution in [2.75, 3.05) is 13.2 Å². The average Bonchev–Trinajstić information content (AvgIpc) is 3.43. The van der Waals surface area contributed by atoms with Gasteiger partial charge in [0.1, 0.15) is 0 Å². The van der Waals surface area contributed by atoms with Crippen LogP contribution < -0.4 is 0 Å². The topological polar surface area (TPSA) is 59.5 Å². The summed E-state index contributed by atoms with van der Waals surface area (Å²) in [6.07, 6.45) is 4.17. The molecule has 31 heavy (non-hydrogen) atoms. The van der Waals surface area contributed by atoms with Crippen LogP contribution in [0.15, 0.2) is 54.6 Å². The molecule has 1 aliphatic rings. The second-order valence-corrected chi connectivity index (χ2v) is 9.32. The Hall–Kier alpha value is -2.73. The zero-order valence-corrected chi connectivity index (χ0v) is 18.7. The highest BCUT2D eigenvalue weighted by molar-refractivity contribution is 7.18. The van der Waals surface area contributed by atoms with Crippen LogP contribution in [0.3, 0.4) is 0 Å². The van der Waals surface area contributed by atoms with Gasteiger partial charge in [0.2, 0.25) is 0 Å². The van der Waals surface area contributed by atoms with Crippen LogP contribution in [0.5, 0.6) is 0 Å². The maximum absolute atomic E-state index is 13.1. The van der Waals surface area contributed by atoms with Gasteiger partial charge in [-0.25, -0.2) is 4.98 Å². The van der Waals surface area contributed by atoms with Gasteiger partial charge in [-0.3, -0.25) is 9.59 Å². The van der Waals surface area contributed by atoms with E-state index in [4.69, 9.17) is 9.72 Å². The molecule has 1 aromatic heterocycles. The van der Waals surface area contributed by atoms with Crippen molar-refractivity contribution in [3.63, 3.8) is 0 Å². The van der Waals surface area contributed by atoms with Gasteiger partial charge < -0.3 is 9.64 Å². The molecule has 1 aliphatic carbocycles. The number of nitrogens with zero attached hydrogens (tertiary/aromatic N) is 2. The van der Waals surface area contributed by atoms with E-state index in [-0.39, 0.29) is 18.5 Å². The minimum Gasteiger partial charge on any atom is -0.455 e. The molecule has 6 heteroatoms. The molecule has 5 nitrogen and oxygen atoms in total. The minimum atomic E-state index is -0.565. The Kier molecular flexibility index (Phi) is 6.66. The quantitative estimate of drug-likeness (QED) is 0.467. The number of hydrogen-bond acceptors (Lipinski definition) is 5. The van der Waals surface area contributed by atoms with Gasteiger partial charge >= 0.3 is 5.97 Å². The largest absolute Gasteiger partial charge is 0.455 e. The fourth-order valence-corrected chi connectivity index (χ4v) is 5.45. The number of benzene rings is 2. The molecule has 0 aliphatic heterocycles. The number of carbonyl (C=O) groups is 2. The van der Waals surface area contributed by atoms with Gasteiger partial charge in [-0.05, 0) is 37.5 Å². The first-order chi connectivity index (χ1) is 15.1. The molecule has 0 bridgehead atoms. The molecule has 1 saturated carbocycles. The molecule has 2 aromatic carbocycles. The van der Waals surface area contributed by atoms with E-state index >= 15 is 0 Å². The monoisotopic (exact) mass is 436 g/mol. The molecule has 0 N–H and O–H groups in total. The molecule has 0 radical (unpaired) electrons. The minimum absolute atomic E-state index is 0.159. The van der Waals surface area contributed by atoms with Crippen LogP contribution in [0.2, 0.25) is 0 Å². The lowest BCUT2D eigenvalue weighted by molar-refractivity contribution is -0.161. The van der Waals surface area contributed by atoms with Crippen LogP contribution in [0.1, 0.15) is 43.2 Å². The van der Waals surface area contributed by atoms with E-state index < -0.39 is 5.41 Å². The predicted molar refractivity (Wildman–Crippen MR) is 123 cm³/mol. The van der Waals surface area contributed by atoms with Crippen molar-refractivity contribution in [1.29, 1.82) is 0 Å². The van der Waals surface area contributed by atoms with Gasteiger partial charge in [0.05, 0.1) is 20.6 Å². The lowest BCUT2D eigenvalue weighted by Crippen LogP contribution is -2.38. The van der Waals surface area contributed by atoms with Crippen LogP contribution in [-0.4, -0.2) is 34.9 Å². The zero-order chi connectivity index (χ0) is 21.7. The smallest absolute Gasteiger partial charge is 0.313 e. The number of para-hydroxylation sites is 1. The Labute approximate surface area is 187 Å². The first kappa shape index (κ1) is 21.5. The molecule has 1 amide bonds. The molecule has 3 aromatic rings. The second kappa shape index (κ2) is 9.60. The van der Waals surface area contributed by atoms with Crippen molar-refractivity contribution in [2.45, 2.75) is 45.6 Å². The van der Waals surface area contributed by atoms with Gasteiger partial charge in [-0.2, -0.15) is 0 Å². The van der Waals surface area contributed by atoms with Crippen molar-refractivity contribution in [2.24, 2.45) is 5.41 Å². The van der Waals surface area contributed by atoms with Crippen molar-refractivity contribution in [3.05, 3.63) is 65.2 Å². The summed E-state index contributed by atoms with van der Waals surface area (Å²) < 4.78 is 6.74. The number of ether oxygens (including phenoxy) is 1. The fourth-order valence-electron chi connectivity index (χ4n) is 4.34. The summed E-state index contributed by atoms with van der Waals surface area (Å²) in [6, 6.07) is 17.9. The SMILES string of the molecule is CCN(Cc1ccccc1)C(=O)COC(=O)C1(Cc2nc3ccccc3s2)CCCC1. The summed E-state index contributed by atoms with van der Waals surface area (Å²) in [7, 11) is 0. The molecule has 4 rings (SSSR count). The first-order valence-corrected chi connectivity index (χ1v) is 11.7. The maximum atomic E-state index is 13.1. The zero-order valence-electron chi connectivity index (χ0n) is 17.9. The van der Waals surface area contributed by atoms with E-state index in [9.17, 15) is 9.59 Å². The van der Waals surface area contributed by atoms with Crippen molar-refractivity contribution in [3.8, 4) is 0 Å². The van der Waals surface area contributed by atoms with Gasteiger partial charge in [-0.15, -0.1) is 11.3 Å². The number of carbonyl (C=O) groups excluding carboxylic acids is 2. The lowest BCUT2D eigenvalue weighted by Gasteiger charge is -2.26. The Morgan fingerprint density at radius 2 is 1.77 bits per heavy atom. The third-order valence-electron chi connectivity index (χ3n) is 6.10. The number of aromatic nitrogens is 1.